The van der Waals surface area contributed by atoms with Crippen LogP contribution in [-0.4, -0.2) is 4.98 Å². The average molecular weight is 208 g/mol. The van der Waals surface area contributed by atoms with Gasteiger partial charge in [0, 0.05) is 5.39 Å². The van der Waals surface area contributed by atoms with E-state index in [0.29, 0.717) is 5.15 Å². The minimum atomic E-state index is 0.561. The minimum Gasteiger partial charge on any atom is -0.236 e. The zero-order valence-electron chi connectivity index (χ0n) is 8.71. The molecule has 2 rings (SSSR count). The SMILES string of the molecule is CC.Cc1cc(Cl)nc2ccccc12. The fourth-order valence-corrected chi connectivity index (χ4v) is 1.56. The molecule has 0 spiro atoms. The Balaban J connectivity index is 0.000000461. The van der Waals surface area contributed by atoms with Crippen LogP contribution in [0, 0.1) is 6.92 Å². The minimum absolute atomic E-state index is 0.561. The summed E-state index contributed by atoms with van der Waals surface area (Å²) in [4.78, 5) is 4.20. The second kappa shape index (κ2) is 4.97. The van der Waals surface area contributed by atoms with Gasteiger partial charge in [-0.05, 0) is 24.6 Å². The first-order valence-electron chi connectivity index (χ1n) is 4.79. The zero-order chi connectivity index (χ0) is 10.6. The molecule has 0 saturated heterocycles. The van der Waals surface area contributed by atoms with Crippen LogP contribution >= 0.6 is 11.6 Å². The molecule has 1 heterocycles. The van der Waals surface area contributed by atoms with Crippen molar-refractivity contribution in [3.05, 3.63) is 41.0 Å². The normalized spacial score (nSPS) is 9.43. The Kier molecular flexibility index (Phi) is 3.90. The van der Waals surface area contributed by atoms with Crippen LogP contribution in [0.4, 0.5) is 0 Å². The van der Waals surface area contributed by atoms with Crippen LogP contribution in [0.1, 0.15) is 19.4 Å². The molecule has 1 aromatic heterocycles. The summed E-state index contributed by atoms with van der Waals surface area (Å²) in [5, 5.41) is 1.73. The van der Waals surface area contributed by atoms with E-state index in [1.807, 2.05) is 51.1 Å². The fraction of sp³-hybridized carbons (Fsp3) is 0.250. The van der Waals surface area contributed by atoms with Gasteiger partial charge in [-0.1, -0.05) is 43.6 Å². The molecule has 0 saturated carbocycles. The van der Waals surface area contributed by atoms with Crippen molar-refractivity contribution in [1.29, 1.82) is 0 Å². The molecule has 0 amide bonds. The Labute approximate surface area is 89.7 Å². The quantitative estimate of drug-likeness (QED) is 0.590. The topological polar surface area (TPSA) is 12.9 Å². The van der Waals surface area contributed by atoms with Gasteiger partial charge in [0.1, 0.15) is 5.15 Å². The van der Waals surface area contributed by atoms with Gasteiger partial charge in [-0.2, -0.15) is 0 Å². The molecule has 1 nitrogen and oxygen atoms in total. The van der Waals surface area contributed by atoms with Gasteiger partial charge >= 0.3 is 0 Å². The number of aromatic nitrogens is 1. The summed E-state index contributed by atoms with van der Waals surface area (Å²) in [6.07, 6.45) is 0. The first-order valence-corrected chi connectivity index (χ1v) is 5.17. The number of pyridine rings is 1. The van der Waals surface area contributed by atoms with Crippen molar-refractivity contribution in [2.75, 3.05) is 0 Å². The van der Waals surface area contributed by atoms with E-state index in [1.54, 1.807) is 0 Å². The van der Waals surface area contributed by atoms with Crippen molar-refractivity contribution in [2.45, 2.75) is 20.8 Å². The summed E-state index contributed by atoms with van der Waals surface area (Å²) in [7, 11) is 0. The molecule has 2 heteroatoms. The average Bonchev–Trinajstić information content (AvgIpc) is 2.20. The molecule has 0 aliphatic rings. The van der Waals surface area contributed by atoms with E-state index in [-0.39, 0.29) is 0 Å². The molecular formula is C12H14ClN. The lowest BCUT2D eigenvalue weighted by Crippen LogP contribution is -1.82. The van der Waals surface area contributed by atoms with E-state index in [0.717, 1.165) is 5.52 Å². The third-order valence-corrected chi connectivity index (χ3v) is 2.09. The van der Waals surface area contributed by atoms with Crippen LogP contribution in [-0.2, 0) is 0 Å². The summed E-state index contributed by atoms with van der Waals surface area (Å²) in [6, 6.07) is 9.86. The lowest BCUT2D eigenvalue weighted by atomic mass is 10.1. The largest absolute Gasteiger partial charge is 0.236 e. The standard InChI is InChI=1S/C10H8ClN.C2H6/c1-7-6-10(11)12-9-5-3-2-4-8(7)9;1-2/h2-6H,1H3;1-2H3. The van der Waals surface area contributed by atoms with Crippen molar-refractivity contribution in [1.82, 2.24) is 4.98 Å². The molecule has 74 valence electrons. The first-order chi connectivity index (χ1) is 6.77. The third kappa shape index (κ3) is 2.24. The molecule has 0 aliphatic heterocycles. The molecule has 1 aromatic carbocycles. The number of hydrogen-bond acceptors (Lipinski definition) is 1. The number of benzene rings is 1. The Morgan fingerprint density at radius 2 is 1.79 bits per heavy atom. The van der Waals surface area contributed by atoms with Crippen molar-refractivity contribution < 1.29 is 0 Å². The molecule has 0 N–H and O–H groups in total. The number of para-hydroxylation sites is 1. The summed E-state index contributed by atoms with van der Waals surface area (Å²) in [6.45, 7) is 6.04. The van der Waals surface area contributed by atoms with Crippen molar-refractivity contribution >= 4 is 22.5 Å². The molecule has 0 aliphatic carbocycles. The van der Waals surface area contributed by atoms with Crippen LogP contribution in [0.25, 0.3) is 10.9 Å². The molecule has 0 unspecified atom stereocenters. The molecule has 0 radical (unpaired) electrons. The van der Waals surface area contributed by atoms with Crippen LogP contribution in [0.3, 0.4) is 0 Å². The molecule has 0 bridgehead atoms. The predicted octanol–water partition coefficient (Wildman–Crippen LogP) is 4.22. The lowest BCUT2D eigenvalue weighted by Gasteiger charge is -2.00. The Morgan fingerprint density at radius 1 is 1.14 bits per heavy atom. The molecule has 0 fully saturated rings. The number of rotatable bonds is 0. The maximum atomic E-state index is 5.81. The van der Waals surface area contributed by atoms with E-state index in [9.17, 15) is 0 Å². The van der Waals surface area contributed by atoms with Gasteiger partial charge in [-0.15, -0.1) is 0 Å². The van der Waals surface area contributed by atoms with Crippen LogP contribution in [0.15, 0.2) is 30.3 Å². The van der Waals surface area contributed by atoms with Gasteiger partial charge in [0.05, 0.1) is 5.52 Å². The number of hydrogen-bond donors (Lipinski definition) is 0. The highest BCUT2D eigenvalue weighted by molar-refractivity contribution is 6.29. The van der Waals surface area contributed by atoms with E-state index >= 15 is 0 Å². The summed E-state index contributed by atoms with van der Waals surface area (Å²) < 4.78 is 0. The van der Waals surface area contributed by atoms with Gasteiger partial charge in [0.15, 0.2) is 0 Å². The van der Waals surface area contributed by atoms with E-state index in [2.05, 4.69) is 4.98 Å². The third-order valence-electron chi connectivity index (χ3n) is 1.89. The highest BCUT2D eigenvalue weighted by Gasteiger charge is 1.98. The molecule has 14 heavy (non-hydrogen) atoms. The highest BCUT2D eigenvalue weighted by atomic mass is 35.5. The first kappa shape index (κ1) is 11.0. The smallest absolute Gasteiger partial charge is 0.130 e. The highest BCUT2D eigenvalue weighted by Crippen LogP contribution is 2.19. The molecule has 0 atom stereocenters. The van der Waals surface area contributed by atoms with Gasteiger partial charge in [0.25, 0.3) is 0 Å². The predicted molar refractivity (Wildman–Crippen MR) is 62.8 cm³/mol. The van der Waals surface area contributed by atoms with Crippen molar-refractivity contribution in [3.8, 4) is 0 Å². The summed E-state index contributed by atoms with van der Waals surface area (Å²) in [5.74, 6) is 0. The van der Waals surface area contributed by atoms with Gasteiger partial charge in [0.2, 0.25) is 0 Å². The van der Waals surface area contributed by atoms with E-state index in [1.165, 1.54) is 10.9 Å². The zero-order valence-corrected chi connectivity index (χ0v) is 9.47. The monoisotopic (exact) mass is 207 g/mol. The maximum Gasteiger partial charge on any atom is 0.130 e. The van der Waals surface area contributed by atoms with Crippen molar-refractivity contribution in [3.63, 3.8) is 0 Å². The number of halogens is 1. The lowest BCUT2D eigenvalue weighted by molar-refractivity contribution is 1.37. The van der Waals surface area contributed by atoms with Crippen LogP contribution in [0.5, 0.6) is 0 Å². The number of aryl methyl sites for hydroxylation is 1. The van der Waals surface area contributed by atoms with E-state index < -0.39 is 0 Å². The van der Waals surface area contributed by atoms with E-state index in [4.69, 9.17) is 11.6 Å². The van der Waals surface area contributed by atoms with Crippen LogP contribution < -0.4 is 0 Å². The molecular weight excluding hydrogens is 194 g/mol. The Morgan fingerprint density at radius 3 is 2.50 bits per heavy atom. The Hall–Kier alpha value is -1.08. The second-order valence-corrected chi connectivity index (χ2v) is 3.17. The Bertz CT molecular complexity index is 424. The summed E-state index contributed by atoms with van der Waals surface area (Å²) in [5.41, 5.74) is 2.13. The van der Waals surface area contributed by atoms with Gasteiger partial charge in [-0.25, -0.2) is 4.98 Å². The number of nitrogens with zero attached hydrogens (tertiary/aromatic N) is 1. The molecule has 2 aromatic rings. The van der Waals surface area contributed by atoms with Gasteiger partial charge < -0.3 is 0 Å². The second-order valence-electron chi connectivity index (χ2n) is 2.78. The van der Waals surface area contributed by atoms with Crippen molar-refractivity contribution in [2.24, 2.45) is 0 Å². The fourth-order valence-electron chi connectivity index (χ4n) is 1.31. The van der Waals surface area contributed by atoms with Crippen LogP contribution in [0.2, 0.25) is 5.15 Å². The van der Waals surface area contributed by atoms with Gasteiger partial charge in [-0.3, -0.25) is 0 Å². The maximum absolute atomic E-state index is 5.81. The summed E-state index contributed by atoms with van der Waals surface area (Å²) >= 11 is 5.81. The number of fused-ring (bicyclic) bond motifs is 1.